The van der Waals surface area contributed by atoms with Gasteiger partial charge in [0, 0.05) is 61.7 Å². The maximum atomic E-state index is 14.0. The molecule has 4 aromatic rings. The van der Waals surface area contributed by atoms with Crippen LogP contribution < -0.4 is 24.6 Å². The van der Waals surface area contributed by atoms with Gasteiger partial charge in [0.1, 0.15) is 23.6 Å². The van der Waals surface area contributed by atoms with E-state index in [9.17, 15) is 4.79 Å². The van der Waals surface area contributed by atoms with Crippen LogP contribution in [0.5, 0.6) is 11.5 Å². The Labute approximate surface area is 247 Å². The molecule has 0 saturated carbocycles. The molecule has 0 aliphatic carbocycles. The van der Waals surface area contributed by atoms with Crippen LogP contribution in [0.2, 0.25) is 0 Å². The molecule has 2 heterocycles. The summed E-state index contributed by atoms with van der Waals surface area (Å²) >= 11 is 0. The van der Waals surface area contributed by atoms with Gasteiger partial charge >= 0.3 is 6.03 Å². The highest BCUT2D eigenvalue weighted by molar-refractivity contribution is 6.07. The number of carbonyl (C=O) groups is 1. The number of ether oxygens (including phenoxy) is 2. The van der Waals surface area contributed by atoms with Gasteiger partial charge in [0.25, 0.3) is 0 Å². The van der Waals surface area contributed by atoms with E-state index in [1.807, 2.05) is 68.4 Å². The molecule has 0 spiro atoms. The second kappa shape index (κ2) is 12.9. The van der Waals surface area contributed by atoms with Gasteiger partial charge in [-0.2, -0.15) is 0 Å². The standard InChI is InChI=1S/C33H38N6O3/c1-23-7-6-8-24(2)32(23)36-33(40)39(28-12-10-27(11-13-28)38-17-15-37(3)16-18-38)31-20-26(34-22-35-31)19-25-9-14-29(41-4)21-30(25)42-5/h6-14,20-22H,15-19H2,1-5H3,(H,36,40). The molecule has 1 saturated heterocycles. The largest absolute Gasteiger partial charge is 0.497 e. The number of methoxy groups -OCH3 is 2. The summed E-state index contributed by atoms with van der Waals surface area (Å²) in [6.45, 7) is 7.96. The first-order valence-electron chi connectivity index (χ1n) is 14.1. The van der Waals surface area contributed by atoms with Crippen LogP contribution in [0.15, 0.2) is 73.1 Å². The lowest BCUT2D eigenvalue weighted by atomic mass is 10.1. The molecule has 0 bridgehead atoms. The molecular weight excluding hydrogens is 528 g/mol. The van der Waals surface area contributed by atoms with Crippen LogP contribution in [0.1, 0.15) is 22.4 Å². The highest BCUT2D eigenvalue weighted by Gasteiger charge is 2.23. The number of nitrogens with zero attached hydrogens (tertiary/aromatic N) is 5. The number of amides is 2. The van der Waals surface area contributed by atoms with Crippen molar-refractivity contribution >= 4 is 28.9 Å². The van der Waals surface area contributed by atoms with Gasteiger partial charge in [0.2, 0.25) is 0 Å². The van der Waals surface area contributed by atoms with E-state index < -0.39 is 0 Å². The second-order valence-electron chi connectivity index (χ2n) is 10.6. The van der Waals surface area contributed by atoms with Gasteiger partial charge in [-0.05, 0) is 62.4 Å². The number of hydrogen-bond donors (Lipinski definition) is 1. The number of piperazine rings is 1. The SMILES string of the molecule is COc1ccc(Cc2cc(N(C(=O)Nc3c(C)cccc3C)c3ccc(N4CCN(C)CC4)cc3)ncn2)c(OC)c1. The van der Waals surface area contributed by atoms with E-state index in [0.29, 0.717) is 29.4 Å². The van der Waals surface area contributed by atoms with Gasteiger partial charge in [0.05, 0.1) is 25.6 Å². The average Bonchev–Trinajstić information content (AvgIpc) is 3.00. The summed E-state index contributed by atoms with van der Waals surface area (Å²) in [6.07, 6.45) is 2.00. The van der Waals surface area contributed by atoms with Gasteiger partial charge in [-0.3, -0.25) is 0 Å². The molecule has 1 fully saturated rings. The van der Waals surface area contributed by atoms with Crippen molar-refractivity contribution in [2.75, 3.05) is 62.6 Å². The van der Waals surface area contributed by atoms with Gasteiger partial charge in [-0.15, -0.1) is 0 Å². The predicted octanol–water partition coefficient (Wildman–Crippen LogP) is 5.82. The number of aromatic nitrogens is 2. The molecule has 42 heavy (non-hydrogen) atoms. The summed E-state index contributed by atoms with van der Waals surface area (Å²) in [5, 5.41) is 3.14. The Morgan fingerprint density at radius 3 is 2.29 bits per heavy atom. The van der Waals surface area contributed by atoms with E-state index in [1.165, 1.54) is 6.33 Å². The third-order valence-electron chi connectivity index (χ3n) is 7.70. The van der Waals surface area contributed by atoms with Crippen LogP contribution >= 0.6 is 0 Å². The lowest BCUT2D eigenvalue weighted by Crippen LogP contribution is -2.44. The smallest absolute Gasteiger partial charge is 0.332 e. The van der Waals surface area contributed by atoms with E-state index in [2.05, 4.69) is 44.3 Å². The minimum atomic E-state index is -0.300. The number of hydrogen-bond acceptors (Lipinski definition) is 7. The van der Waals surface area contributed by atoms with Gasteiger partial charge in [-0.25, -0.2) is 19.7 Å². The van der Waals surface area contributed by atoms with E-state index >= 15 is 0 Å². The fourth-order valence-electron chi connectivity index (χ4n) is 5.20. The molecule has 0 atom stereocenters. The van der Waals surface area contributed by atoms with Gasteiger partial charge in [-0.1, -0.05) is 24.3 Å². The normalized spacial score (nSPS) is 13.5. The number of benzene rings is 3. The molecule has 1 aliphatic rings. The molecule has 1 aromatic heterocycles. The lowest BCUT2D eigenvalue weighted by Gasteiger charge is -2.34. The Balaban J connectivity index is 1.48. The van der Waals surface area contributed by atoms with Crippen molar-refractivity contribution in [1.29, 1.82) is 0 Å². The average molecular weight is 567 g/mol. The molecule has 218 valence electrons. The van der Waals surface area contributed by atoms with E-state index in [0.717, 1.165) is 59.9 Å². The number of para-hydroxylation sites is 1. The van der Waals surface area contributed by atoms with Crippen LogP contribution in [0.4, 0.5) is 27.7 Å². The Hall–Kier alpha value is -4.63. The number of aryl methyl sites for hydroxylation is 2. The van der Waals surface area contributed by atoms with Crippen molar-refractivity contribution in [2.45, 2.75) is 20.3 Å². The first-order chi connectivity index (χ1) is 20.4. The lowest BCUT2D eigenvalue weighted by molar-refractivity contribution is 0.259. The maximum absolute atomic E-state index is 14.0. The fraction of sp³-hybridized carbons (Fsp3) is 0.303. The van der Waals surface area contributed by atoms with Crippen molar-refractivity contribution in [2.24, 2.45) is 0 Å². The summed E-state index contributed by atoms with van der Waals surface area (Å²) in [7, 11) is 5.41. The van der Waals surface area contributed by atoms with Gasteiger partial charge in [0.15, 0.2) is 0 Å². The molecular formula is C33H38N6O3. The fourth-order valence-corrected chi connectivity index (χ4v) is 5.20. The van der Waals surface area contributed by atoms with Crippen molar-refractivity contribution in [1.82, 2.24) is 14.9 Å². The summed E-state index contributed by atoms with van der Waals surface area (Å²) in [5.41, 5.74) is 6.32. The van der Waals surface area contributed by atoms with Crippen molar-refractivity contribution in [3.8, 4) is 11.5 Å². The summed E-state index contributed by atoms with van der Waals surface area (Å²) < 4.78 is 10.9. The molecule has 1 N–H and O–H groups in total. The van der Waals surface area contributed by atoms with Crippen molar-refractivity contribution < 1.29 is 14.3 Å². The summed E-state index contributed by atoms with van der Waals surface area (Å²) in [4.78, 5) is 29.4. The molecule has 2 amide bonds. The minimum absolute atomic E-state index is 0.300. The van der Waals surface area contributed by atoms with Gasteiger partial charge < -0.3 is 24.6 Å². The quantitative estimate of drug-likeness (QED) is 0.288. The number of carbonyl (C=O) groups excluding carboxylic acids is 1. The Kier molecular flexibility index (Phi) is 8.88. The number of likely N-dealkylation sites (N-methyl/N-ethyl adjacent to an activating group) is 1. The predicted molar refractivity (Wildman–Crippen MR) is 168 cm³/mol. The minimum Gasteiger partial charge on any atom is -0.497 e. The van der Waals surface area contributed by atoms with Crippen LogP contribution in [0.25, 0.3) is 0 Å². The molecule has 1 aliphatic heterocycles. The molecule has 0 radical (unpaired) electrons. The summed E-state index contributed by atoms with van der Waals surface area (Å²) in [5.74, 6) is 1.90. The molecule has 5 rings (SSSR count). The Morgan fingerprint density at radius 2 is 1.62 bits per heavy atom. The third-order valence-corrected chi connectivity index (χ3v) is 7.70. The van der Waals surface area contributed by atoms with Crippen LogP contribution in [-0.2, 0) is 6.42 Å². The Morgan fingerprint density at radius 1 is 0.905 bits per heavy atom. The zero-order chi connectivity index (χ0) is 29.6. The molecule has 9 heteroatoms. The van der Waals surface area contributed by atoms with Crippen LogP contribution in [0, 0.1) is 13.8 Å². The third kappa shape index (κ3) is 6.47. The first kappa shape index (κ1) is 28.9. The Bertz CT molecular complexity index is 1510. The highest BCUT2D eigenvalue weighted by atomic mass is 16.5. The van der Waals surface area contributed by atoms with E-state index in [-0.39, 0.29) is 6.03 Å². The number of anilines is 4. The maximum Gasteiger partial charge on any atom is 0.332 e. The monoisotopic (exact) mass is 566 g/mol. The van der Waals surface area contributed by atoms with Crippen LogP contribution in [0.3, 0.4) is 0 Å². The molecule has 0 unspecified atom stereocenters. The van der Waals surface area contributed by atoms with Crippen molar-refractivity contribution in [3.63, 3.8) is 0 Å². The number of rotatable bonds is 8. The summed E-state index contributed by atoms with van der Waals surface area (Å²) in [6, 6.07) is 21.3. The van der Waals surface area contributed by atoms with E-state index in [4.69, 9.17) is 9.47 Å². The second-order valence-corrected chi connectivity index (χ2v) is 10.6. The zero-order valence-electron chi connectivity index (χ0n) is 24.9. The molecule has 9 nitrogen and oxygen atoms in total. The molecule has 3 aromatic carbocycles. The topological polar surface area (TPSA) is 83.1 Å². The van der Waals surface area contributed by atoms with Crippen LogP contribution in [-0.4, -0.2) is 68.3 Å². The van der Waals surface area contributed by atoms with E-state index in [1.54, 1.807) is 19.1 Å². The number of nitrogens with one attached hydrogen (secondary N) is 1. The first-order valence-corrected chi connectivity index (χ1v) is 14.1. The highest BCUT2D eigenvalue weighted by Crippen LogP contribution is 2.31. The zero-order valence-corrected chi connectivity index (χ0v) is 24.9. The van der Waals surface area contributed by atoms with Crippen molar-refractivity contribution in [3.05, 3.63) is 95.4 Å². The number of urea groups is 1.